The lowest BCUT2D eigenvalue weighted by Crippen LogP contribution is -2.08. The highest BCUT2D eigenvalue weighted by Crippen LogP contribution is 2.06. The minimum atomic E-state index is -0.516. The van der Waals surface area contributed by atoms with Crippen LogP contribution in [-0.4, -0.2) is 28.6 Å². The molecule has 0 spiro atoms. The van der Waals surface area contributed by atoms with Crippen molar-refractivity contribution in [1.82, 2.24) is 9.78 Å². The Hall–Kier alpha value is -1.65. The van der Waals surface area contributed by atoms with Gasteiger partial charge in [0, 0.05) is 7.05 Å². The van der Waals surface area contributed by atoms with E-state index in [2.05, 4.69) is 5.10 Å². The first-order valence-electron chi connectivity index (χ1n) is 3.85. The third-order valence-electron chi connectivity index (χ3n) is 1.59. The maximum Gasteiger partial charge on any atom is 0.342 e. The number of rotatable bonds is 3. The summed E-state index contributed by atoms with van der Waals surface area (Å²) in [5.41, 5.74) is 0.442. The summed E-state index contributed by atoms with van der Waals surface area (Å²) >= 11 is 0. The van der Waals surface area contributed by atoms with Crippen LogP contribution in [0.25, 0.3) is 0 Å². The molecule has 0 amide bonds. The Morgan fingerprint density at radius 2 is 2.46 bits per heavy atom. The first kappa shape index (κ1) is 9.44. The molecule has 13 heavy (non-hydrogen) atoms. The minimum absolute atomic E-state index is 0.208. The molecule has 0 aliphatic carbocycles. The summed E-state index contributed by atoms with van der Waals surface area (Å²) in [6.07, 6.45) is 1.90. The zero-order valence-corrected chi connectivity index (χ0v) is 7.48. The maximum atomic E-state index is 11.2. The zero-order valence-electron chi connectivity index (χ0n) is 7.48. The lowest BCUT2D eigenvalue weighted by Gasteiger charge is -1.99. The molecule has 5 heteroatoms. The van der Waals surface area contributed by atoms with Crippen molar-refractivity contribution in [3.8, 4) is 0 Å². The van der Waals surface area contributed by atoms with Crippen LogP contribution >= 0.6 is 0 Å². The third kappa shape index (κ3) is 1.74. The summed E-state index contributed by atoms with van der Waals surface area (Å²) in [6, 6.07) is 0. The fourth-order valence-corrected chi connectivity index (χ4v) is 0.953. The van der Waals surface area contributed by atoms with Crippen LogP contribution in [-0.2, 0) is 11.8 Å². The second kappa shape index (κ2) is 3.84. The van der Waals surface area contributed by atoms with Gasteiger partial charge in [0.1, 0.15) is 11.3 Å². The van der Waals surface area contributed by atoms with Gasteiger partial charge in [-0.2, -0.15) is 5.10 Å². The van der Waals surface area contributed by atoms with E-state index in [1.165, 1.54) is 10.9 Å². The Kier molecular flexibility index (Phi) is 2.79. The topological polar surface area (TPSA) is 61.2 Å². The molecule has 1 aromatic rings. The average molecular weight is 182 g/mol. The number of aldehydes is 1. The molecule has 0 unspecified atom stereocenters. The first-order chi connectivity index (χ1) is 6.20. The summed E-state index contributed by atoms with van der Waals surface area (Å²) < 4.78 is 6.07. The molecule has 0 fully saturated rings. The predicted molar refractivity (Wildman–Crippen MR) is 44.6 cm³/mol. The summed E-state index contributed by atoms with van der Waals surface area (Å²) in [6.45, 7) is 1.99. The fraction of sp³-hybridized carbons (Fsp3) is 0.375. The quantitative estimate of drug-likeness (QED) is 0.501. The summed E-state index contributed by atoms with van der Waals surface area (Å²) in [4.78, 5) is 21.8. The molecule has 0 aliphatic rings. The van der Waals surface area contributed by atoms with E-state index in [0.29, 0.717) is 6.29 Å². The molecule has 1 rings (SSSR count). The second-order valence-electron chi connectivity index (χ2n) is 2.41. The number of nitrogens with zero attached hydrogens (tertiary/aromatic N) is 2. The van der Waals surface area contributed by atoms with Crippen LogP contribution in [0.15, 0.2) is 6.20 Å². The lowest BCUT2D eigenvalue weighted by atomic mass is 10.2. The van der Waals surface area contributed by atoms with E-state index in [-0.39, 0.29) is 17.9 Å². The van der Waals surface area contributed by atoms with Crippen molar-refractivity contribution in [1.29, 1.82) is 0 Å². The highest BCUT2D eigenvalue weighted by Gasteiger charge is 2.15. The molecule has 1 aromatic heterocycles. The summed E-state index contributed by atoms with van der Waals surface area (Å²) in [5, 5.41) is 3.78. The van der Waals surface area contributed by atoms with Crippen LogP contribution in [0.1, 0.15) is 27.8 Å². The molecule has 0 saturated carbocycles. The van der Waals surface area contributed by atoms with Gasteiger partial charge in [0.05, 0.1) is 12.8 Å². The summed E-state index contributed by atoms with van der Waals surface area (Å²) in [5.74, 6) is -0.516. The zero-order chi connectivity index (χ0) is 9.84. The van der Waals surface area contributed by atoms with Crippen LogP contribution in [0.5, 0.6) is 0 Å². The van der Waals surface area contributed by atoms with Crippen LogP contribution in [0.2, 0.25) is 0 Å². The van der Waals surface area contributed by atoms with Gasteiger partial charge in [-0.25, -0.2) is 4.79 Å². The lowest BCUT2D eigenvalue weighted by molar-refractivity contribution is 0.0524. The highest BCUT2D eigenvalue weighted by molar-refractivity contribution is 5.96. The van der Waals surface area contributed by atoms with Gasteiger partial charge in [0.2, 0.25) is 0 Å². The molecular weight excluding hydrogens is 172 g/mol. The average Bonchev–Trinajstić information content (AvgIpc) is 2.47. The Labute approximate surface area is 75.3 Å². The van der Waals surface area contributed by atoms with E-state index in [1.807, 2.05) is 0 Å². The van der Waals surface area contributed by atoms with Gasteiger partial charge in [-0.05, 0) is 6.92 Å². The van der Waals surface area contributed by atoms with Gasteiger partial charge >= 0.3 is 5.97 Å². The Bertz CT molecular complexity index is 330. The van der Waals surface area contributed by atoms with Gasteiger partial charge in [-0.1, -0.05) is 0 Å². The van der Waals surface area contributed by atoms with Gasteiger partial charge in [0.15, 0.2) is 6.29 Å². The molecular formula is C8H10N2O3. The van der Waals surface area contributed by atoms with Gasteiger partial charge in [0.25, 0.3) is 0 Å². The van der Waals surface area contributed by atoms with Crippen LogP contribution in [0.4, 0.5) is 0 Å². The fourth-order valence-electron chi connectivity index (χ4n) is 0.953. The maximum absolute atomic E-state index is 11.2. The number of carbonyl (C=O) groups excluding carboxylic acids is 2. The number of carbonyl (C=O) groups is 2. The smallest absolute Gasteiger partial charge is 0.342 e. The number of aromatic nitrogens is 2. The van der Waals surface area contributed by atoms with E-state index in [1.54, 1.807) is 14.0 Å². The van der Waals surface area contributed by atoms with Gasteiger partial charge < -0.3 is 4.74 Å². The van der Waals surface area contributed by atoms with Gasteiger partial charge in [-0.3, -0.25) is 9.48 Å². The number of esters is 1. The molecule has 0 atom stereocenters. The van der Waals surface area contributed by atoms with Crippen molar-refractivity contribution in [2.24, 2.45) is 7.05 Å². The molecule has 0 aliphatic heterocycles. The van der Waals surface area contributed by atoms with Crippen LogP contribution < -0.4 is 0 Å². The van der Waals surface area contributed by atoms with E-state index < -0.39 is 5.97 Å². The van der Waals surface area contributed by atoms with Crippen molar-refractivity contribution in [2.75, 3.05) is 6.61 Å². The molecule has 0 aromatic carbocycles. The van der Waals surface area contributed by atoms with Crippen molar-refractivity contribution >= 4 is 12.3 Å². The van der Waals surface area contributed by atoms with Crippen LogP contribution in [0.3, 0.4) is 0 Å². The molecule has 70 valence electrons. The van der Waals surface area contributed by atoms with Crippen molar-refractivity contribution < 1.29 is 14.3 Å². The van der Waals surface area contributed by atoms with E-state index >= 15 is 0 Å². The number of hydrogen-bond acceptors (Lipinski definition) is 4. The normalized spacial score (nSPS) is 9.69. The molecule has 0 N–H and O–H groups in total. The van der Waals surface area contributed by atoms with Crippen molar-refractivity contribution in [2.45, 2.75) is 6.92 Å². The van der Waals surface area contributed by atoms with E-state index in [4.69, 9.17) is 4.74 Å². The first-order valence-corrected chi connectivity index (χ1v) is 3.85. The molecule has 1 heterocycles. The molecule has 0 bridgehead atoms. The largest absolute Gasteiger partial charge is 0.462 e. The monoisotopic (exact) mass is 182 g/mol. The molecule has 0 saturated heterocycles. The number of aryl methyl sites for hydroxylation is 1. The van der Waals surface area contributed by atoms with Gasteiger partial charge in [-0.15, -0.1) is 0 Å². The SMILES string of the molecule is CCOC(=O)c1cnn(C)c1C=O. The number of hydrogen-bond donors (Lipinski definition) is 0. The Balaban J connectivity index is 3.00. The highest BCUT2D eigenvalue weighted by atomic mass is 16.5. The van der Waals surface area contributed by atoms with E-state index in [9.17, 15) is 9.59 Å². The second-order valence-corrected chi connectivity index (χ2v) is 2.41. The Morgan fingerprint density at radius 1 is 1.77 bits per heavy atom. The van der Waals surface area contributed by atoms with E-state index in [0.717, 1.165) is 0 Å². The summed E-state index contributed by atoms with van der Waals surface area (Å²) in [7, 11) is 1.59. The Morgan fingerprint density at radius 3 is 3.00 bits per heavy atom. The number of ether oxygens (including phenoxy) is 1. The van der Waals surface area contributed by atoms with Crippen molar-refractivity contribution in [3.63, 3.8) is 0 Å². The van der Waals surface area contributed by atoms with Crippen LogP contribution in [0, 0.1) is 0 Å². The standard InChI is InChI=1S/C8H10N2O3/c1-3-13-8(12)6-4-9-10(2)7(6)5-11/h4-5H,3H2,1-2H3. The molecule has 0 radical (unpaired) electrons. The van der Waals surface area contributed by atoms with Crippen molar-refractivity contribution in [3.05, 3.63) is 17.5 Å². The third-order valence-corrected chi connectivity index (χ3v) is 1.59. The minimum Gasteiger partial charge on any atom is -0.462 e. The predicted octanol–water partition coefficient (Wildman–Crippen LogP) is 0.409. The molecule has 5 nitrogen and oxygen atoms in total.